The van der Waals surface area contributed by atoms with Crippen molar-refractivity contribution in [3.05, 3.63) is 98.7 Å². The minimum Gasteiger partial charge on any atom is -0.507 e. The highest BCUT2D eigenvalue weighted by molar-refractivity contribution is 7.07. The van der Waals surface area contributed by atoms with Gasteiger partial charge in [-0.15, -0.1) is 11.3 Å². The van der Waals surface area contributed by atoms with E-state index in [1.165, 1.54) is 17.4 Å². The number of thiazole rings is 1. The van der Waals surface area contributed by atoms with Gasteiger partial charge in [-0.1, -0.05) is 48.5 Å². The fraction of sp³-hybridized carbons (Fsp3) is 0.0909. The number of hydrogen-bond donors (Lipinski definition) is 1. The number of hydrogen-bond acceptors (Lipinski definition) is 5. The zero-order chi connectivity index (χ0) is 19.5. The van der Waals surface area contributed by atoms with E-state index in [1.54, 1.807) is 6.92 Å². The lowest BCUT2D eigenvalue weighted by molar-refractivity contribution is 0.437. The quantitative estimate of drug-likeness (QED) is 0.559. The van der Waals surface area contributed by atoms with Gasteiger partial charge in [0.15, 0.2) is 4.80 Å². The van der Waals surface area contributed by atoms with Crippen LogP contribution in [0.1, 0.15) is 11.3 Å². The number of rotatable bonds is 4. The molecule has 0 unspecified atom stereocenters. The molecule has 4 rings (SSSR count). The van der Waals surface area contributed by atoms with E-state index in [0.717, 1.165) is 16.1 Å². The Hall–Kier alpha value is -3.38. The molecule has 2 heterocycles. The lowest BCUT2D eigenvalue weighted by atomic mass is 10.1. The molecule has 0 aliphatic rings. The van der Waals surface area contributed by atoms with Crippen LogP contribution in [0.2, 0.25) is 0 Å². The van der Waals surface area contributed by atoms with E-state index in [1.807, 2.05) is 70.6 Å². The minimum atomic E-state index is -0.566. The van der Waals surface area contributed by atoms with Gasteiger partial charge in [-0.05, 0) is 24.6 Å². The summed E-state index contributed by atoms with van der Waals surface area (Å²) in [5.41, 5.74) is 2.04. The molecular weight excluding hydrogens is 372 g/mol. The second-order valence-electron chi connectivity index (χ2n) is 6.33. The first kappa shape index (κ1) is 18.0. The summed E-state index contributed by atoms with van der Waals surface area (Å²) in [5, 5.41) is 12.2. The van der Waals surface area contributed by atoms with Gasteiger partial charge in [0, 0.05) is 11.4 Å². The first-order valence-electron chi connectivity index (χ1n) is 8.78. The molecule has 0 radical (unpaired) electrons. The number of aromatic hydroxyl groups is 1. The van der Waals surface area contributed by atoms with E-state index in [4.69, 9.17) is 9.41 Å². The predicted octanol–water partition coefficient (Wildman–Crippen LogP) is 4.46. The van der Waals surface area contributed by atoms with Gasteiger partial charge in [0.05, 0.1) is 17.9 Å². The molecule has 1 N–H and O–H groups in total. The molecule has 2 aromatic heterocycles. The summed E-state index contributed by atoms with van der Waals surface area (Å²) in [6, 6.07) is 21.0. The van der Waals surface area contributed by atoms with Crippen molar-refractivity contribution in [3.63, 3.8) is 0 Å². The summed E-state index contributed by atoms with van der Waals surface area (Å²) in [4.78, 5) is 17.9. The zero-order valence-electron chi connectivity index (χ0n) is 15.2. The van der Waals surface area contributed by atoms with Crippen molar-refractivity contribution >= 4 is 17.0 Å². The maximum absolute atomic E-state index is 12.5. The van der Waals surface area contributed by atoms with E-state index >= 15 is 0 Å². The van der Waals surface area contributed by atoms with E-state index < -0.39 is 5.63 Å². The average molecular weight is 390 g/mol. The van der Waals surface area contributed by atoms with E-state index in [-0.39, 0.29) is 11.3 Å². The molecule has 140 valence electrons. The fourth-order valence-electron chi connectivity index (χ4n) is 2.98. The van der Waals surface area contributed by atoms with E-state index in [9.17, 15) is 9.90 Å². The van der Waals surface area contributed by atoms with E-state index in [2.05, 4.69) is 0 Å². The third-order valence-corrected chi connectivity index (χ3v) is 5.14. The second kappa shape index (κ2) is 7.70. The first-order valence-corrected chi connectivity index (χ1v) is 9.66. The Balaban J connectivity index is 1.93. The average Bonchev–Trinajstić information content (AvgIpc) is 3.05. The molecule has 0 saturated carbocycles. The van der Waals surface area contributed by atoms with Crippen LogP contribution >= 0.6 is 11.3 Å². The molecule has 0 amide bonds. The normalized spacial score (nSPS) is 11.7. The van der Waals surface area contributed by atoms with Gasteiger partial charge in [0.2, 0.25) is 0 Å². The summed E-state index contributed by atoms with van der Waals surface area (Å²) in [6.07, 6.45) is 0. The summed E-state index contributed by atoms with van der Waals surface area (Å²) in [6.45, 7) is 2.14. The molecule has 0 spiro atoms. The highest BCUT2D eigenvalue weighted by Crippen LogP contribution is 2.27. The standard InChI is InChI=1S/C22H18N2O3S/c1-15-12-19(25)20(21(26)27-15)18-14-28-22(23-17-10-6-3-7-11-17)24(18)13-16-8-4-2-5-9-16/h2-12,14,25H,13H2,1H3. The Morgan fingerprint density at radius 3 is 2.43 bits per heavy atom. The molecule has 0 aliphatic heterocycles. The maximum Gasteiger partial charge on any atom is 0.349 e. The van der Waals surface area contributed by atoms with Crippen LogP contribution in [0.15, 0.2) is 86.3 Å². The molecule has 0 fully saturated rings. The summed E-state index contributed by atoms with van der Waals surface area (Å²) < 4.78 is 7.15. The zero-order valence-corrected chi connectivity index (χ0v) is 16.0. The van der Waals surface area contributed by atoms with Crippen LogP contribution in [0, 0.1) is 6.92 Å². The Morgan fingerprint density at radius 1 is 1.07 bits per heavy atom. The molecule has 0 bridgehead atoms. The molecular formula is C22H18N2O3S. The van der Waals surface area contributed by atoms with Gasteiger partial charge in [-0.25, -0.2) is 9.79 Å². The third kappa shape index (κ3) is 3.68. The monoisotopic (exact) mass is 390 g/mol. The molecule has 2 aromatic carbocycles. The SMILES string of the molecule is Cc1cc(O)c(-c2csc(=Nc3ccccc3)n2Cc2ccccc2)c(=O)o1. The van der Waals surface area contributed by atoms with Crippen LogP contribution in [-0.4, -0.2) is 9.67 Å². The Morgan fingerprint density at radius 2 is 1.75 bits per heavy atom. The molecule has 0 atom stereocenters. The van der Waals surface area contributed by atoms with Crippen molar-refractivity contribution in [2.24, 2.45) is 4.99 Å². The summed E-state index contributed by atoms with van der Waals surface area (Å²) in [5.74, 6) is 0.268. The molecule has 5 nitrogen and oxygen atoms in total. The van der Waals surface area contributed by atoms with Crippen LogP contribution in [-0.2, 0) is 6.54 Å². The molecule has 6 heteroatoms. The topological polar surface area (TPSA) is 67.7 Å². The van der Waals surface area contributed by atoms with Gasteiger partial charge in [-0.3, -0.25) is 0 Å². The van der Waals surface area contributed by atoms with Crippen LogP contribution in [0.3, 0.4) is 0 Å². The van der Waals surface area contributed by atoms with Gasteiger partial charge in [0.25, 0.3) is 0 Å². The van der Waals surface area contributed by atoms with Crippen LogP contribution in [0.4, 0.5) is 5.69 Å². The number of benzene rings is 2. The van der Waals surface area contributed by atoms with Crippen molar-refractivity contribution in [2.75, 3.05) is 0 Å². The maximum atomic E-state index is 12.5. The lowest BCUT2D eigenvalue weighted by Gasteiger charge is -2.10. The largest absolute Gasteiger partial charge is 0.507 e. The van der Waals surface area contributed by atoms with Crippen molar-refractivity contribution in [3.8, 4) is 17.0 Å². The fourth-order valence-corrected chi connectivity index (χ4v) is 3.89. The van der Waals surface area contributed by atoms with Crippen LogP contribution < -0.4 is 10.4 Å². The van der Waals surface area contributed by atoms with Crippen LogP contribution in [0.25, 0.3) is 11.3 Å². The highest BCUT2D eigenvalue weighted by atomic mass is 32.1. The van der Waals surface area contributed by atoms with Crippen molar-refractivity contribution in [1.29, 1.82) is 0 Å². The molecule has 28 heavy (non-hydrogen) atoms. The first-order chi connectivity index (χ1) is 13.6. The van der Waals surface area contributed by atoms with Gasteiger partial charge in [-0.2, -0.15) is 0 Å². The van der Waals surface area contributed by atoms with E-state index in [0.29, 0.717) is 18.0 Å². The lowest BCUT2D eigenvalue weighted by Crippen LogP contribution is -2.18. The Bertz CT molecular complexity index is 1220. The number of nitrogens with zero attached hydrogens (tertiary/aromatic N) is 2. The third-order valence-electron chi connectivity index (χ3n) is 4.27. The predicted molar refractivity (Wildman–Crippen MR) is 110 cm³/mol. The van der Waals surface area contributed by atoms with Gasteiger partial charge < -0.3 is 14.1 Å². The van der Waals surface area contributed by atoms with Crippen molar-refractivity contribution < 1.29 is 9.52 Å². The van der Waals surface area contributed by atoms with Crippen molar-refractivity contribution in [2.45, 2.75) is 13.5 Å². The van der Waals surface area contributed by atoms with Gasteiger partial charge in [0.1, 0.15) is 17.1 Å². The summed E-state index contributed by atoms with van der Waals surface area (Å²) >= 11 is 1.41. The summed E-state index contributed by atoms with van der Waals surface area (Å²) in [7, 11) is 0. The van der Waals surface area contributed by atoms with Gasteiger partial charge >= 0.3 is 5.63 Å². The minimum absolute atomic E-state index is 0.0976. The molecule has 0 saturated heterocycles. The number of para-hydroxylation sites is 1. The van der Waals surface area contributed by atoms with Crippen molar-refractivity contribution in [1.82, 2.24) is 4.57 Å². The number of aryl methyl sites for hydroxylation is 1. The second-order valence-corrected chi connectivity index (χ2v) is 7.16. The number of aromatic nitrogens is 1. The highest BCUT2D eigenvalue weighted by Gasteiger charge is 2.18. The van der Waals surface area contributed by atoms with Crippen LogP contribution in [0.5, 0.6) is 5.75 Å². The Kier molecular flexibility index (Phi) is 4.95. The smallest absolute Gasteiger partial charge is 0.349 e. The molecule has 4 aromatic rings. The molecule has 0 aliphatic carbocycles. The Labute approximate surface area is 165 Å².